The van der Waals surface area contributed by atoms with Gasteiger partial charge >= 0.3 is 5.97 Å². The zero-order valence-electron chi connectivity index (χ0n) is 10.6. The second-order valence-electron chi connectivity index (χ2n) is 4.97. The molecule has 0 aliphatic heterocycles. The molecule has 0 aromatic heterocycles. The number of nitrogens with zero attached hydrogens (tertiary/aromatic N) is 1. The molecule has 0 heterocycles. The summed E-state index contributed by atoms with van der Waals surface area (Å²) >= 11 is 0. The Morgan fingerprint density at radius 1 is 1.47 bits per heavy atom. The fraction of sp³-hybridized carbons (Fsp3) is 0.833. The molecule has 1 saturated carbocycles. The van der Waals surface area contributed by atoms with Gasteiger partial charge in [-0.25, -0.2) is 0 Å². The molecule has 0 saturated heterocycles. The van der Waals surface area contributed by atoms with Crippen molar-refractivity contribution in [1.82, 2.24) is 4.90 Å². The standard InChI is InChI=1S/C12H22N2O3/c1-3-8(2)11(13)12(17)14(7-10(15)16)6-9-4-5-9/h8-9,11H,3-7,13H2,1-2H3,(H,15,16). The van der Waals surface area contributed by atoms with E-state index in [1.165, 1.54) is 4.90 Å². The summed E-state index contributed by atoms with van der Waals surface area (Å²) in [5.41, 5.74) is 5.86. The van der Waals surface area contributed by atoms with Gasteiger partial charge in [-0.3, -0.25) is 9.59 Å². The van der Waals surface area contributed by atoms with Crippen LogP contribution in [0.4, 0.5) is 0 Å². The van der Waals surface area contributed by atoms with Crippen LogP contribution in [0.25, 0.3) is 0 Å². The van der Waals surface area contributed by atoms with Crippen molar-refractivity contribution in [3.63, 3.8) is 0 Å². The number of amides is 1. The van der Waals surface area contributed by atoms with E-state index < -0.39 is 12.0 Å². The summed E-state index contributed by atoms with van der Waals surface area (Å²) in [5.74, 6) is -0.649. The molecular weight excluding hydrogens is 220 g/mol. The molecule has 3 N–H and O–H groups in total. The van der Waals surface area contributed by atoms with Crippen molar-refractivity contribution >= 4 is 11.9 Å². The molecule has 0 spiro atoms. The normalized spacial score (nSPS) is 18.5. The number of carbonyl (C=O) groups excluding carboxylic acids is 1. The molecule has 98 valence electrons. The van der Waals surface area contributed by atoms with Crippen molar-refractivity contribution in [2.45, 2.75) is 39.2 Å². The summed E-state index contributed by atoms with van der Waals surface area (Å²) in [6, 6.07) is -0.585. The summed E-state index contributed by atoms with van der Waals surface area (Å²) in [6.45, 7) is 4.19. The van der Waals surface area contributed by atoms with E-state index in [-0.39, 0.29) is 18.4 Å². The number of carboxylic acids is 1. The van der Waals surface area contributed by atoms with Crippen LogP contribution in [0.15, 0.2) is 0 Å². The molecule has 0 radical (unpaired) electrons. The van der Waals surface area contributed by atoms with Gasteiger partial charge in [0.25, 0.3) is 0 Å². The zero-order valence-corrected chi connectivity index (χ0v) is 10.6. The van der Waals surface area contributed by atoms with Gasteiger partial charge in [-0.2, -0.15) is 0 Å². The number of aliphatic carboxylic acids is 1. The molecule has 0 aromatic carbocycles. The van der Waals surface area contributed by atoms with Gasteiger partial charge in [-0.15, -0.1) is 0 Å². The van der Waals surface area contributed by atoms with E-state index in [2.05, 4.69) is 0 Å². The number of hydrogen-bond acceptors (Lipinski definition) is 3. The highest BCUT2D eigenvalue weighted by molar-refractivity contribution is 5.85. The summed E-state index contributed by atoms with van der Waals surface area (Å²) in [7, 11) is 0. The minimum Gasteiger partial charge on any atom is -0.480 e. The fourth-order valence-electron chi connectivity index (χ4n) is 1.72. The largest absolute Gasteiger partial charge is 0.480 e. The Balaban J connectivity index is 2.59. The first kappa shape index (κ1) is 14.0. The number of carbonyl (C=O) groups is 2. The van der Waals surface area contributed by atoms with Crippen LogP contribution in [-0.2, 0) is 9.59 Å². The van der Waals surface area contributed by atoms with Crippen LogP contribution < -0.4 is 5.73 Å². The lowest BCUT2D eigenvalue weighted by Gasteiger charge is -2.26. The minimum atomic E-state index is -0.977. The lowest BCUT2D eigenvalue weighted by molar-refractivity contribution is -0.145. The van der Waals surface area contributed by atoms with Gasteiger partial charge in [0.1, 0.15) is 6.54 Å². The predicted molar refractivity (Wildman–Crippen MR) is 64.4 cm³/mol. The third-order valence-corrected chi connectivity index (χ3v) is 3.36. The number of nitrogens with two attached hydrogens (primary N) is 1. The van der Waals surface area contributed by atoms with E-state index in [0.717, 1.165) is 19.3 Å². The van der Waals surface area contributed by atoms with Gasteiger partial charge < -0.3 is 15.7 Å². The van der Waals surface area contributed by atoms with Gasteiger partial charge in [-0.05, 0) is 24.7 Å². The molecule has 17 heavy (non-hydrogen) atoms. The van der Waals surface area contributed by atoms with E-state index in [4.69, 9.17) is 10.8 Å². The highest BCUT2D eigenvalue weighted by atomic mass is 16.4. The second kappa shape index (κ2) is 6.00. The Hall–Kier alpha value is -1.10. The quantitative estimate of drug-likeness (QED) is 0.687. The number of hydrogen-bond donors (Lipinski definition) is 2. The monoisotopic (exact) mass is 242 g/mol. The van der Waals surface area contributed by atoms with Crippen molar-refractivity contribution in [1.29, 1.82) is 0 Å². The predicted octanol–water partition coefficient (Wildman–Crippen LogP) is 0.683. The smallest absolute Gasteiger partial charge is 0.323 e. The van der Waals surface area contributed by atoms with Gasteiger partial charge in [0.15, 0.2) is 0 Å². The lowest BCUT2D eigenvalue weighted by atomic mass is 9.99. The van der Waals surface area contributed by atoms with Crippen molar-refractivity contribution in [3.05, 3.63) is 0 Å². The molecule has 1 fully saturated rings. The molecular formula is C12H22N2O3. The minimum absolute atomic E-state index is 0.0815. The molecule has 0 aromatic rings. The molecule has 2 atom stereocenters. The van der Waals surface area contributed by atoms with Crippen molar-refractivity contribution < 1.29 is 14.7 Å². The first-order valence-electron chi connectivity index (χ1n) is 6.21. The number of rotatable bonds is 7. The SMILES string of the molecule is CCC(C)C(N)C(=O)N(CC(=O)O)CC1CC1. The van der Waals surface area contributed by atoms with E-state index in [9.17, 15) is 9.59 Å². The first-order chi connectivity index (χ1) is 7.95. The summed E-state index contributed by atoms with van der Waals surface area (Å²) in [5, 5.41) is 8.81. The maximum Gasteiger partial charge on any atom is 0.323 e. The molecule has 1 aliphatic carbocycles. The molecule has 1 aliphatic rings. The van der Waals surface area contributed by atoms with E-state index in [1.54, 1.807) is 0 Å². The van der Waals surface area contributed by atoms with E-state index in [1.807, 2.05) is 13.8 Å². The maximum absolute atomic E-state index is 12.1. The molecule has 2 unspecified atom stereocenters. The average Bonchev–Trinajstić information content (AvgIpc) is 3.08. The second-order valence-corrected chi connectivity index (χ2v) is 4.97. The molecule has 1 amide bonds. The van der Waals surface area contributed by atoms with Crippen molar-refractivity contribution in [2.24, 2.45) is 17.6 Å². The van der Waals surface area contributed by atoms with E-state index in [0.29, 0.717) is 12.5 Å². The fourth-order valence-corrected chi connectivity index (χ4v) is 1.72. The Kier molecular flexibility index (Phi) is 4.93. The molecule has 5 heteroatoms. The van der Waals surface area contributed by atoms with Crippen LogP contribution in [0.3, 0.4) is 0 Å². The molecule has 0 bridgehead atoms. The van der Waals surface area contributed by atoms with Crippen molar-refractivity contribution in [2.75, 3.05) is 13.1 Å². The molecule has 1 rings (SSSR count). The molecule has 5 nitrogen and oxygen atoms in total. The third-order valence-electron chi connectivity index (χ3n) is 3.36. The van der Waals surface area contributed by atoms with Gasteiger partial charge in [0.05, 0.1) is 6.04 Å². The van der Waals surface area contributed by atoms with Crippen LogP contribution >= 0.6 is 0 Å². The van der Waals surface area contributed by atoms with E-state index >= 15 is 0 Å². The Labute approximate surface area is 102 Å². The van der Waals surface area contributed by atoms with Crippen LogP contribution in [-0.4, -0.2) is 41.0 Å². The maximum atomic E-state index is 12.1. The average molecular weight is 242 g/mol. The summed E-state index contributed by atoms with van der Waals surface area (Å²) in [4.78, 5) is 24.2. The van der Waals surface area contributed by atoms with Crippen molar-refractivity contribution in [3.8, 4) is 0 Å². The number of carboxylic acid groups (broad SMARTS) is 1. The third kappa shape index (κ3) is 4.34. The van der Waals surface area contributed by atoms with Gasteiger partial charge in [0, 0.05) is 6.54 Å². The van der Waals surface area contributed by atoms with Crippen LogP contribution in [0.1, 0.15) is 33.1 Å². The Morgan fingerprint density at radius 2 is 2.06 bits per heavy atom. The first-order valence-corrected chi connectivity index (χ1v) is 6.21. The topological polar surface area (TPSA) is 83.6 Å². The summed E-state index contributed by atoms with van der Waals surface area (Å²) < 4.78 is 0. The van der Waals surface area contributed by atoms with Crippen LogP contribution in [0.2, 0.25) is 0 Å². The van der Waals surface area contributed by atoms with Crippen LogP contribution in [0.5, 0.6) is 0 Å². The highest BCUT2D eigenvalue weighted by Gasteiger charge is 2.31. The Morgan fingerprint density at radius 3 is 2.47 bits per heavy atom. The zero-order chi connectivity index (χ0) is 13.0. The summed E-state index contributed by atoms with van der Waals surface area (Å²) in [6.07, 6.45) is 2.99. The Bertz CT molecular complexity index is 289. The van der Waals surface area contributed by atoms with Crippen LogP contribution in [0, 0.1) is 11.8 Å². The van der Waals surface area contributed by atoms with Gasteiger partial charge in [-0.1, -0.05) is 20.3 Å². The van der Waals surface area contributed by atoms with Gasteiger partial charge in [0.2, 0.25) is 5.91 Å². The lowest BCUT2D eigenvalue weighted by Crippen LogP contribution is -2.49. The highest BCUT2D eigenvalue weighted by Crippen LogP contribution is 2.30.